The number of aromatic nitrogens is 2. The van der Waals surface area contributed by atoms with Crippen LogP contribution < -0.4 is 0 Å². The molecule has 2 heterocycles. The van der Waals surface area contributed by atoms with Crippen LogP contribution in [0.2, 0.25) is 0 Å². The monoisotopic (exact) mass is 1010 g/mol. The van der Waals surface area contributed by atoms with Crippen LogP contribution >= 0.6 is 0 Å². The van der Waals surface area contributed by atoms with Crippen molar-refractivity contribution in [3.05, 3.63) is 239 Å². The van der Waals surface area contributed by atoms with Crippen molar-refractivity contribution in [3.8, 4) is 103 Å². The van der Waals surface area contributed by atoms with Crippen LogP contribution in [0.1, 0.15) is 38.9 Å². The molecule has 10 aromatic carbocycles. The summed E-state index contributed by atoms with van der Waals surface area (Å²) in [6, 6.07) is 70.6. The summed E-state index contributed by atoms with van der Waals surface area (Å²) in [6.45, 7) is 0. The molecule has 0 bridgehead atoms. The van der Waals surface area contributed by atoms with Crippen molar-refractivity contribution in [1.82, 2.24) is 9.13 Å². The van der Waals surface area contributed by atoms with Crippen molar-refractivity contribution in [2.24, 2.45) is 0 Å². The molecular formula is C67H33F3N8. The molecule has 8 nitrogen and oxygen atoms in total. The third kappa shape index (κ3) is 8.17. The lowest BCUT2D eigenvalue weighted by atomic mass is 9.96. The van der Waals surface area contributed by atoms with E-state index in [1.807, 2.05) is 97.1 Å². The first-order chi connectivity index (χ1) is 38.0. The molecule has 0 atom stereocenters. The fourth-order valence-corrected chi connectivity index (χ4v) is 10.7. The minimum absolute atomic E-state index is 0.128. The molecule has 0 aliphatic heterocycles. The summed E-state index contributed by atoms with van der Waals surface area (Å²) in [6.07, 6.45) is -5.09. The van der Waals surface area contributed by atoms with E-state index < -0.39 is 11.7 Å². The molecule has 0 N–H and O–H groups in total. The maximum atomic E-state index is 17.3. The maximum Gasteiger partial charge on any atom is 0.420 e. The second-order valence-corrected chi connectivity index (χ2v) is 18.8. The van der Waals surface area contributed by atoms with Crippen LogP contribution in [0.3, 0.4) is 0 Å². The van der Waals surface area contributed by atoms with Crippen molar-refractivity contribution in [3.63, 3.8) is 0 Å². The SMILES string of the molecule is N#Cc1cccc(-c2ccc3c4ccc(-c5cccc(C#N)c5)cc4n(-c4cc(-c5cc(C#N)cc(C#N)c5)cc(-n5c6cc(-c7cccc(C#N)c7)ccc6c6ccc(-c7cccc(C#N)c7)cc65)c4C(F)(F)F)c3c2)c1. The van der Waals surface area contributed by atoms with Crippen LogP contribution in [-0.2, 0) is 6.18 Å². The van der Waals surface area contributed by atoms with Crippen LogP contribution in [0.15, 0.2) is 200 Å². The van der Waals surface area contributed by atoms with Gasteiger partial charge in [-0.2, -0.15) is 44.7 Å². The number of hydrogen-bond donors (Lipinski definition) is 0. The highest BCUT2D eigenvalue weighted by Crippen LogP contribution is 2.48. The molecule has 78 heavy (non-hydrogen) atoms. The quantitative estimate of drug-likeness (QED) is 0.155. The Morgan fingerprint density at radius 3 is 0.795 bits per heavy atom. The van der Waals surface area contributed by atoms with E-state index in [2.05, 4.69) is 36.4 Å². The van der Waals surface area contributed by atoms with Gasteiger partial charge in [0.15, 0.2) is 0 Å². The number of fused-ring (bicyclic) bond motifs is 6. The van der Waals surface area contributed by atoms with Gasteiger partial charge in [-0.15, -0.1) is 0 Å². The van der Waals surface area contributed by atoms with Gasteiger partial charge >= 0.3 is 6.18 Å². The van der Waals surface area contributed by atoms with Crippen LogP contribution in [0.4, 0.5) is 13.2 Å². The zero-order chi connectivity index (χ0) is 53.8. The van der Waals surface area contributed by atoms with E-state index in [1.54, 1.807) is 94.1 Å². The Morgan fingerprint density at radius 1 is 0.269 bits per heavy atom. The van der Waals surface area contributed by atoms with Crippen LogP contribution in [0.5, 0.6) is 0 Å². The lowest BCUT2D eigenvalue weighted by molar-refractivity contribution is -0.137. The maximum absolute atomic E-state index is 17.3. The highest BCUT2D eigenvalue weighted by Gasteiger charge is 2.40. The Morgan fingerprint density at radius 2 is 0.526 bits per heavy atom. The Bertz CT molecular complexity index is 4300. The molecule has 0 saturated carbocycles. The molecule has 0 radical (unpaired) electrons. The van der Waals surface area contributed by atoms with Crippen LogP contribution in [-0.4, -0.2) is 9.13 Å². The van der Waals surface area contributed by atoms with Crippen LogP contribution in [0, 0.1) is 68.0 Å². The highest BCUT2D eigenvalue weighted by molar-refractivity contribution is 6.13. The van der Waals surface area contributed by atoms with Gasteiger partial charge < -0.3 is 9.13 Å². The van der Waals surface area contributed by atoms with E-state index in [4.69, 9.17) is 0 Å². The molecule has 0 aliphatic rings. The smallest absolute Gasteiger partial charge is 0.308 e. The molecule has 0 fully saturated rings. The molecule has 12 aromatic rings. The predicted octanol–water partition coefficient (Wildman–Crippen LogP) is 16.5. The van der Waals surface area contributed by atoms with Gasteiger partial charge in [-0.25, -0.2) is 0 Å². The summed E-state index contributed by atoms with van der Waals surface area (Å²) in [5, 5.41) is 62.7. The van der Waals surface area contributed by atoms with Gasteiger partial charge in [-0.05, 0) is 159 Å². The molecule has 11 heteroatoms. The molecule has 12 rings (SSSR count). The van der Waals surface area contributed by atoms with Gasteiger partial charge in [0.05, 0.1) is 103 Å². The van der Waals surface area contributed by atoms with E-state index in [1.165, 1.54) is 18.2 Å². The molecule has 0 aliphatic carbocycles. The zero-order valence-corrected chi connectivity index (χ0v) is 40.8. The second kappa shape index (κ2) is 18.8. The van der Waals surface area contributed by atoms with Crippen molar-refractivity contribution < 1.29 is 13.2 Å². The summed E-state index contributed by atoms with van der Waals surface area (Å²) in [4.78, 5) is 0. The Kier molecular flexibility index (Phi) is 11.4. The number of hydrogen-bond acceptors (Lipinski definition) is 6. The van der Waals surface area contributed by atoms with Gasteiger partial charge in [0, 0.05) is 21.5 Å². The lowest BCUT2D eigenvalue weighted by Crippen LogP contribution is -2.16. The fraction of sp³-hybridized carbons (Fsp3) is 0.0149. The number of nitrogens with zero attached hydrogens (tertiary/aromatic N) is 8. The van der Waals surface area contributed by atoms with Gasteiger partial charge in [-0.3, -0.25) is 0 Å². The average molecular weight is 1010 g/mol. The Hall–Kier alpha value is -11.5. The van der Waals surface area contributed by atoms with Crippen molar-refractivity contribution in [2.45, 2.75) is 6.18 Å². The minimum Gasteiger partial charge on any atom is -0.308 e. The van der Waals surface area contributed by atoms with Gasteiger partial charge in [0.2, 0.25) is 0 Å². The molecule has 0 saturated heterocycles. The van der Waals surface area contributed by atoms with E-state index in [0.717, 1.165) is 0 Å². The normalized spacial score (nSPS) is 11.2. The zero-order valence-electron chi connectivity index (χ0n) is 40.8. The second-order valence-electron chi connectivity index (χ2n) is 18.8. The Labute approximate surface area is 444 Å². The molecule has 2 aromatic heterocycles. The molecule has 0 spiro atoms. The van der Waals surface area contributed by atoms with Crippen molar-refractivity contribution in [1.29, 1.82) is 31.6 Å². The minimum atomic E-state index is -5.09. The number of benzene rings is 10. The first-order valence-electron chi connectivity index (χ1n) is 24.4. The predicted molar refractivity (Wildman–Crippen MR) is 296 cm³/mol. The largest absolute Gasteiger partial charge is 0.420 e. The summed E-state index contributed by atoms with van der Waals surface area (Å²) in [7, 11) is 0. The summed E-state index contributed by atoms with van der Waals surface area (Å²) in [5.41, 5.74) is 7.75. The molecular weight excluding hydrogens is 974 g/mol. The van der Waals surface area contributed by atoms with Crippen molar-refractivity contribution in [2.75, 3.05) is 0 Å². The third-order valence-electron chi connectivity index (χ3n) is 14.2. The lowest BCUT2D eigenvalue weighted by Gasteiger charge is -2.23. The van der Waals surface area contributed by atoms with E-state index in [0.29, 0.717) is 116 Å². The number of alkyl halides is 3. The molecule has 362 valence electrons. The number of halogens is 3. The van der Waals surface area contributed by atoms with Crippen molar-refractivity contribution >= 4 is 43.6 Å². The Balaban J connectivity index is 1.28. The van der Waals surface area contributed by atoms with Crippen LogP contribution in [0.25, 0.3) is 111 Å². The molecule has 0 unspecified atom stereocenters. The summed E-state index contributed by atoms with van der Waals surface area (Å²) >= 11 is 0. The van der Waals surface area contributed by atoms with Gasteiger partial charge in [0.1, 0.15) is 5.56 Å². The first-order valence-corrected chi connectivity index (χ1v) is 24.4. The van der Waals surface area contributed by atoms with E-state index in [-0.39, 0.29) is 28.1 Å². The summed E-state index contributed by atoms with van der Waals surface area (Å²) in [5.74, 6) is 0. The number of rotatable bonds is 7. The highest BCUT2D eigenvalue weighted by atomic mass is 19.4. The van der Waals surface area contributed by atoms with E-state index in [9.17, 15) is 31.6 Å². The third-order valence-corrected chi connectivity index (χ3v) is 14.2. The van der Waals surface area contributed by atoms with E-state index >= 15 is 13.2 Å². The molecule has 0 amide bonds. The standard InChI is InChI=1S/C67H33F3N8/c68-67(69,70)66-64(77-60-28-50(46-9-1-5-40(22-46)34-71)13-17-56(60)57-18-14-51(29-61(57)77)47-10-2-6-41(23-47)35-72)32-55(54-26-44(38-75)21-45(27-54)39-76)33-65(66)78-62-30-52(48-11-3-7-42(24-48)36-73)15-19-58(62)59-20-16-53(31-63(59)78)49-12-4-8-43(25-49)37-74/h1-33H. The topological polar surface area (TPSA) is 153 Å². The van der Waals surface area contributed by atoms with Gasteiger partial charge in [0.25, 0.3) is 0 Å². The summed E-state index contributed by atoms with van der Waals surface area (Å²) < 4.78 is 55.2. The van der Waals surface area contributed by atoms with Gasteiger partial charge in [-0.1, -0.05) is 97.1 Å². The average Bonchev–Trinajstić information content (AvgIpc) is 4.19. The fourth-order valence-electron chi connectivity index (χ4n) is 10.7. The number of nitriles is 6. The first kappa shape index (κ1) is 47.5.